The van der Waals surface area contributed by atoms with Crippen LogP contribution in [-0.2, 0) is 15.1 Å². The van der Waals surface area contributed by atoms with Crippen molar-refractivity contribution in [3.8, 4) is 0 Å². The maximum atomic E-state index is 11.6. The highest BCUT2D eigenvalue weighted by Crippen LogP contribution is 2.21. The number of aliphatic carboxylic acids is 1. The number of nitrogens with zero attached hydrogens (tertiary/aromatic N) is 1. The Hall–Kier alpha value is -2.22. The molecule has 102 valence electrons. The number of rotatable bonds is 4. The highest BCUT2D eigenvalue weighted by Gasteiger charge is 2.25. The SMILES string of the molecule is CC(C)(NC(=O)NC(=O)/C=C/C(=O)O)c1nccs1. The summed E-state index contributed by atoms with van der Waals surface area (Å²) in [6.07, 6.45) is 3.02. The number of carboxylic acid groups (broad SMARTS) is 1. The van der Waals surface area contributed by atoms with Gasteiger partial charge in [0, 0.05) is 23.7 Å². The Balaban J connectivity index is 2.56. The molecule has 0 spiro atoms. The van der Waals surface area contributed by atoms with Gasteiger partial charge < -0.3 is 10.4 Å². The summed E-state index contributed by atoms with van der Waals surface area (Å²) in [5.41, 5.74) is -0.727. The molecule has 1 aromatic heterocycles. The standard InChI is InChI=1S/C11H13N3O4S/c1-11(2,9-12-5-6-19-9)14-10(18)13-7(15)3-4-8(16)17/h3-6H,1-2H3,(H,16,17)(H2,13,14,15,18)/b4-3+. The zero-order valence-electron chi connectivity index (χ0n) is 10.3. The monoisotopic (exact) mass is 283 g/mol. The molecule has 3 amide bonds. The fourth-order valence-corrected chi connectivity index (χ4v) is 1.92. The Bertz CT molecular complexity index is 508. The summed E-state index contributed by atoms with van der Waals surface area (Å²) in [5.74, 6) is -2.08. The molecule has 3 N–H and O–H groups in total. The molecule has 0 aliphatic carbocycles. The molecule has 0 fully saturated rings. The molecular weight excluding hydrogens is 270 g/mol. The predicted octanol–water partition coefficient (Wildman–Crippen LogP) is 0.845. The van der Waals surface area contributed by atoms with E-state index in [0.29, 0.717) is 11.1 Å². The van der Waals surface area contributed by atoms with Gasteiger partial charge in [-0.3, -0.25) is 10.1 Å². The van der Waals surface area contributed by atoms with Crippen LogP contribution in [0.5, 0.6) is 0 Å². The zero-order valence-corrected chi connectivity index (χ0v) is 11.2. The van der Waals surface area contributed by atoms with Crippen molar-refractivity contribution in [2.75, 3.05) is 0 Å². The lowest BCUT2D eigenvalue weighted by molar-refractivity contribution is -0.131. The topological polar surface area (TPSA) is 108 Å². The lowest BCUT2D eigenvalue weighted by Crippen LogP contribution is -2.47. The number of nitrogens with one attached hydrogen (secondary N) is 2. The van der Waals surface area contributed by atoms with Crippen molar-refractivity contribution >= 4 is 29.2 Å². The smallest absolute Gasteiger partial charge is 0.328 e. The number of carbonyl (C=O) groups is 3. The largest absolute Gasteiger partial charge is 0.478 e. The highest BCUT2D eigenvalue weighted by molar-refractivity contribution is 7.09. The van der Waals surface area contributed by atoms with E-state index < -0.39 is 23.4 Å². The van der Waals surface area contributed by atoms with E-state index in [0.717, 1.165) is 6.08 Å². The van der Waals surface area contributed by atoms with Gasteiger partial charge in [-0.25, -0.2) is 14.6 Å². The number of urea groups is 1. The number of hydrogen-bond donors (Lipinski definition) is 3. The van der Waals surface area contributed by atoms with Crippen molar-refractivity contribution in [2.24, 2.45) is 0 Å². The van der Waals surface area contributed by atoms with Crippen LogP contribution in [0.2, 0.25) is 0 Å². The summed E-state index contributed by atoms with van der Waals surface area (Å²) in [7, 11) is 0. The van der Waals surface area contributed by atoms with Gasteiger partial charge >= 0.3 is 12.0 Å². The molecule has 0 saturated heterocycles. The van der Waals surface area contributed by atoms with Crippen LogP contribution < -0.4 is 10.6 Å². The Morgan fingerprint density at radius 1 is 1.37 bits per heavy atom. The molecule has 0 aliphatic rings. The van der Waals surface area contributed by atoms with Crippen LogP contribution in [0.25, 0.3) is 0 Å². The third kappa shape index (κ3) is 4.88. The number of carboxylic acids is 1. The van der Waals surface area contributed by atoms with Crippen LogP contribution in [0.15, 0.2) is 23.7 Å². The minimum absolute atomic E-state index is 0.647. The van der Waals surface area contributed by atoms with Crippen LogP contribution >= 0.6 is 11.3 Å². The third-order valence-electron chi connectivity index (χ3n) is 2.01. The van der Waals surface area contributed by atoms with Crippen LogP contribution in [0.4, 0.5) is 4.79 Å². The molecule has 8 heteroatoms. The molecule has 0 saturated carbocycles. The summed E-state index contributed by atoms with van der Waals surface area (Å²) in [6, 6.07) is -0.722. The quantitative estimate of drug-likeness (QED) is 0.710. The molecule has 0 bridgehead atoms. The van der Waals surface area contributed by atoms with Gasteiger partial charge in [-0.05, 0) is 13.8 Å². The summed E-state index contributed by atoms with van der Waals surface area (Å²) < 4.78 is 0. The van der Waals surface area contributed by atoms with Gasteiger partial charge in [-0.1, -0.05) is 0 Å². The van der Waals surface area contributed by atoms with E-state index in [4.69, 9.17) is 5.11 Å². The van der Waals surface area contributed by atoms with Crippen molar-refractivity contribution in [3.05, 3.63) is 28.7 Å². The van der Waals surface area contributed by atoms with Gasteiger partial charge in [0.1, 0.15) is 5.01 Å². The molecule has 1 heterocycles. The molecule has 0 atom stereocenters. The Kier molecular flexibility index (Phi) is 4.76. The summed E-state index contributed by atoms with van der Waals surface area (Å²) in [6.45, 7) is 3.48. The molecule has 1 aromatic rings. The minimum Gasteiger partial charge on any atom is -0.478 e. The van der Waals surface area contributed by atoms with Crippen molar-refractivity contribution < 1.29 is 19.5 Å². The normalized spacial score (nSPS) is 11.3. The average Bonchev–Trinajstić information content (AvgIpc) is 2.79. The van der Waals surface area contributed by atoms with Crippen molar-refractivity contribution in [2.45, 2.75) is 19.4 Å². The third-order valence-corrected chi connectivity index (χ3v) is 3.10. The van der Waals surface area contributed by atoms with E-state index in [2.05, 4.69) is 10.3 Å². The highest BCUT2D eigenvalue weighted by atomic mass is 32.1. The van der Waals surface area contributed by atoms with E-state index in [1.165, 1.54) is 11.3 Å². The van der Waals surface area contributed by atoms with Crippen LogP contribution in [-0.4, -0.2) is 28.0 Å². The first-order valence-corrected chi connectivity index (χ1v) is 6.13. The van der Waals surface area contributed by atoms with Crippen molar-refractivity contribution in [3.63, 3.8) is 0 Å². The van der Waals surface area contributed by atoms with E-state index >= 15 is 0 Å². The lowest BCUT2D eigenvalue weighted by atomic mass is 10.1. The first-order valence-electron chi connectivity index (χ1n) is 5.25. The van der Waals surface area contributed by atoms with Crippen LogP contribution in [0, 0.1) is 0 Å². The maximum absolute atomic E-state index is 11.6. The summed E-state index contributed by atoms with van der Waals surface area (Å²) in [5, 5.41) is 15.4. The van der Waals surface area contributed by atoms with E-state index in [1.807, 2.05) is 5.32 Å². The molecule has 0 radical (unpaired) electrons. The second kappa shape index (κ2) is 6.10. The molecular formula is C11H13N3O4S. The van der Waals surface area contributed by atoms with Gasteiger partial charge in [0.2, 0.25) is 0 Å². The van der Waals surface area contributed by atoms with Gasteiger partial charge in [0.05, 0.1) is 5.54 Å². The maximum Gasteiger partial charge on any atom is 0.328 e. The Morgan fingerprint density at radius 3 is 2.58 bits per heavy atom. The predicted molar refractivity (Wildman–Crippen MR) is 68.6 cm³/mol. The summed E-state index contributed by atoms with van der Waals surface area (Å²) >= 11 is 1.37. The van der Waals surface area contributed by atoms with Gasteiger partial charge in [-0.15, -0.1) is 11.3 Å². The second-order valence-electron chi connectivity index (χ2n) is 4.08. The van der Waals surface area contributed by atoms with Gasteiger partial charge in [-0.2, -0.15) is 0 Å². The zero-order chi connectivity index (χ0) is 14.5. The minimum atomic E-state index is -1.27. The number of carbonyl (C=O) groups excluding carboxylic acids is 2. The van der Waals surface area contributed by atoms with Crippen LogP contribution in [0.1, 0.15) is 18.9 Å². The molecule has 0 aromatic carbocycles. The fraction of sp³-hybridized carbons (Fsp3) is 0.273. The van der Waals surface area contributed by atoms with Crippen LogP contribution in [0.3, 0.4) is 0 Å². The fourth-order valence-electron chi connectivity index (χ4n) is 1.20. The Labute approximate surface area is 113 Å². The lowest BCUT2D eigenvalue weighted by Gasteiger charge is -2.23. The van der Waals surface area contributed by atoms with Crippen molar-refractivity contribution in [1.29, 1.82) is 0 Å². The van der Waals surface area contributed by atoms with Gasteiger partial charge in [0.25, 0.3) is 5.91 Å². The van der Waals surface area contributed by atoms with Gasteiger partial charge in [0.15, 0.2) is 0 Å². The average molecular weight is 283 g/mol. The molecule has 19 heavy (non-hydrogen) atoms. The first kappa shape index (κ1) is 14.8. The van der Waals surface area contributed by atoms with E-state index in [-0.39, 0.29) is 0 Å². The Morgan fingerprint density at radius 2 is 2.05 bits per heavy atom. The number of hydrogen-bond acceptors (Lipinski definition) is 5. The molecule has 1 rings (SSSR count). The molecule has 0 unspecified atom stereocenters. The summed E-state index contributed by atoms with van der Waals surface area (Å²) in [4.78, 5) is 37.0. The first-order chi connectivity index (χ1) is 8.81. The number of aromatic nitrogens is 1. The van der Waals surface area contributed by atoms with Crippen molar-refractivity contribution in [1.82, 2.24) is 15.6 Å². The van der Waals surface area contributed by atoms with E-state index in [1.54, 1.807) is 25.4 Å². The van der Waals surface area contributed by atoms with E-state index in [9.17, 15) is 14.4 Å². The molecule has 7 nitrogen and oxygen atoms in total. The number of amides is 3. The second-order valence-corrected chi connectivity index (χ2v) is 4.97. The number of imide groups is 1. The number of thiazole rings is 1. The molecule has 0 aliphatic heterocycles.